The monoisotopic (exact) mass is 508 g/mol. The van der Waals surface area contributed by atoms with E-state index >= 15 is 0 Å². The first-order valence-corrected chi connectivity index (χ1v) is 12.8. The summed E-state index contributed by atoms with van der Waals surface area (Å²) in [5.74, 6) is 1.48. The normalized spacial score (nSPS) is 15.2. The summed E-state index contributed by atoms with van der Waals surface area (Å²) >= 11 is 5.82. The molecule has 2 aromatic carbocycles. The highest BCUT2D eigenvalue weighted by molar-refractivity contribution is 7.80. The van der Waals surface area contributed by atoms with Crippen LogP contribution in [0.4, 0.5) is 0 Å². The van der Waals surface area contributed by atoms with E-state index in [0.29, 0.717) is 23.8 Å². The van der Waals surface area contributed by atoms with E-state index in [-0.39, 0.29) is 12.4 Å². The van der Waals surface area contributed by atoms with Crippen molar-refractivity contribution in [1.29, 1.82) is 0 Å². The zero-order valence-corrected chi connectivity index (χ0v) is 21.4. The van der Waals surface area contributed by atoms with Crippen LogP contribution in [-0.2, 0) is 17.8 Å². The molecule has 2 N–H and O–H groups in total. The van der Waals surface area contributed by atoms with Crippen LogP contribution >= 0.6 is 12.2 Å². The molecule has 0 atom stereocenters. The topological polar surface area (TPSA) is 79.1 Å². The second kappa shape index (κ2) is 11.3. The smallest absolute Gasteiger partial charge is 0.253 e. The number of aryl methyl sites for hydroxylation is 1. The van der Waals surface area contributed by atoms with Crippen LogP contribution in [0.25, 0.3) is 10.9 Å². The van der Waals surface area contributed by atoms with Gasteiger partial charge < -0.3 is 29.4 Å². The highest BCUT2D eigenvalue weighted by atomic mass is 32.1. The molecule has 36 heavy (non-hydrogen) atoms. The fraction of sp³-hybridized carbons (Fsp3) is 0.407. The number of H-pyrrole nitrogens is 1. The molecule has 2 aliphatic rings. The zero-order chi connectivity index (χ0) is 24.9. The van der Waals surface area contributed by atoms with Crippen molar-refractivity contribution in [3.05, 3.63) is 69.5 Å². The number of benzene rings is 2. The van der Waals surface area contributed by atoms with Crippen LogP contribution in [0.5, 0.6) is 11.5 Å². The van der Waals surface area contributed by atoms with Crippen LogP contribution in [-0.4, -0.2) is 66.1 Å². The summed E-state index contributed by atoms with van der Waals surface area (Å²) in [5.41, 5.74) is 3.53. The molecule has 0 spiro atoms. The molecule has 3 heterocycles. The predicted molar refractivity (Wildman–Crippen MR) is 144 cm³/mol. The van der Waals surface area contributed by atoms with Crippen LogP contribution in [0.2, 0.25) is 0 Å². The van der Waals surface area contributed by atoms with Crippen LogP contribution < -0.4 is 20.3 Å². The van der Waals surface area contributed by atoms with Crippen molar-refractivity contribution in [3.8, 4) is 11.5 Å². The summed E-state index contributed by atoms with van der Waals surface area (Å²) in [6, 6.07) is 13.9. The summed E-state index contributed by atoms with van der Waals surface area (Å²) in [5, 5.41) is 5.05. The third-order valence-corrected chi connectivity index (χ3v) is 7.06. The molecule has 0 saturated carbocycles. The van der Waals surface area contributed by atoms with Gasteiger partial charge in [-0.05, 0) is 66.8 Å². The van der Waals surface area contributed by atoms with Crippen LogP contribution in [0.15, 0.2) is 47.3 Å². The molecule has 5 rings (SSSR count). The van der Waals surface area contributed by atoms with E-state index in [4.69, 9.17) is 26.4 Å². The van der Waals surface area contributed by atoms with Gasteiger partial charge in [-0.25, -0.2) is 0 Å². The quantitative estimate of drug-likeness (QED) is 0.355. The van der Waals surface area contributed by atoms with Crippen molar-refractivity contribution in [2.24, 2.45) is 0 Å². The lowest BCUT2D eigenvalue weighted by Gasteiger charge is -2.28. The number of aromatic nitrogens is 1. The molecule has 1 aromatic heterocycles. The molecule has 1 fully saturated rings. The van der Waals surface area contributed by atoms with Gasteiger partial charge in [0.05, 0.1) is 25.3 Å². The Balaban J connectivity index is 1.31. The molecule has 2 aliphatic heterocycles. The lowest BCUT2D eigenvalue weighted by Crippen LogP contribution is -2.42. The molecule has 190 valence electrons. The molecule has 0 amide bonds. The maximum absolute atomic E-state index is 13.0. The number of pyridine rings is 1. The first kappa shape index (κ1) is 24.5. The van der Waals surface area contributed by atoms with Gasteiger partial charge in [0.2, 0.25) is 6.79 Å². The fourth-order valence-corrected chi connectivity index (χ4v) is 4.88. The predicted octanol–water partition coefficient (Wildman–Crippen LogP) is 3.16. The minimum atomic E-state index is -0.0948. The standard InChI is InChI=1S/C27H32N4O4S/c1-19-4-2-5-21-15-22(26(32)29-25(19)21)17-31(16-20-6-7-23-24(14-20)35-18-34-23)27(36)28-8-3-9-30-10-12-33-13-11-30/h2,4-7,14-15H,3,8-13,16-18H2,1H3,(H,28,36)(H,29,32). The molecule has 1 saturated heterocycles. The Hall–Kier alpha value is -3.14. The van der Waals surface area contributed by atoms with E-state index in [1.807, 2.05) is 54.3 Å². The Morgan fingerprint density at radius 1 is 1.11 bits per heavy atom. The van der Waals surface area contributed by atoms with Gasteiger partial charge >= 0.3 is 0 Å². The van der Waals surface area contributed by atoms with E-state index < -0.39 is 0 Å². The average molecular weight is 509 g/mol. The number of fused-ring (bicyclic) bond motifs is 2. The number of rotatable bonds is 8. The molecule has 3 aromatic rings. The Kier molecular flexibility index (Phi) is 7.69. The Morgan fingerprint density at radius 2 is 1.94 bits per heavy atom. The van der Waals surface area contributed by atoms with Gasteiger partial charge in [0.25, 0.3) is 5.56 Å². The minimum Gasteiger partial charge on any atom is -0.454 e. The Morgan fingerprint density at radius 3 is 2.81 bits per heavy atom. The van der Waals surface area contributed by atoms with Crippen molar-refractivity contribution in [2.75, 3.05) is 46.2 Å². The minimum absolute atomic E-state index is 0.0948. The summed E-state index contributed by atoms with van der Waals surface area (Å²) in [7, 11) is 0. The van der Waals surface area contributed by atoms with Crippen LogP contribution in [0, 0.1) is 6.92 Å². The largest absolute Gasteiger partial charge is 0.454 e. The van der Waals surface area contributed by atoms with Crippen molar-refractivity contribution in [1.82, 2.24) is 20.1 Å². The SMILES string of the molecule is Cc1cccc2cc(CN(Cc3ccc4c(c3)OCO4)C(=S)NCCCN3CCOCC3)c(=O)[nH]c12. The first-order valence-electron chi connectivity index (χ1n) is 12.4. The number of ether oxygens (including phenoxy) is 3. The maximum atomic E-state index is 13.0. The average Bonchev–Trinajstić information content (AvgIpc) is 3.36. The van der Waals surface area contributed by atoms with E-state index in [2.05, 4.69) is 15.2 Å². The lowest BCUT2D eigenvalue weighted by atomic mass is 10.1. The summed E-state index contributed by atoms with van der Waals surface area (Å²) in [4.78, 5) is 20.5. The van der Waals surface area contributed by atoms with E-state index in [1.54, 1.807) is 0 Å². The van der Waals surface area contributed by atoms with Gasteiger partial charge in [-0.1, -0.05) is 24.3 Å². The Labute approximate surface area is 216 Å². The molecule has 0 aliphatic carbocycles. The number of para-hydroxylation sites is 1. The van der Waals surface area contributed by atoms with E-state index in [9.17, 15) is 4.79 Å². The number of nitrogens with one attached hydrogen (secondary N) is 2. The second-order valence-corrected chi connectivity index (χ2v) is 9.63. The van der Waals surface area contributed by atoms with Gasteiger partial charge in [-0.2, -0.15) is 0 Å². The molecule has 0 radical (unpaired) electrons. The summed E-state index contributed by atoms with van der Waals surface area (Å²) in [6.07, 6.45) is 0.980. The number of hydrogen-bond donors (Lipinski definition) is 2. The second-order valence-electron chi connectivity index (χ2n) is 9.25. The zero-order valence-electron chi connectivity index (χ0n) is 20.5. The highest BCUT2D eigenvalue weighted by Gasteiger charge is 2.18. The highest BCUT2D eigenvalue weighted by Crippen LogP contribution is 2.33. The molecular formula is C27H32N4O4S. The number of nitrogens with zero attached hydrogens (tertiary/aromatic N) is 2. The van der Waals surface area contributed by atoms with Crippen LogP contribution in [0.1, 0.15) is 23.1 Å². The molecule has 9 heteroatoms. The van der Waals surface area contributed by atoms with Crippen molar-refractivity contribution in [2.45, 2.75) is 26.4 Å². The molecule has 8 nitrogen and oxygen atoms in total. The number of morpholine rings is 1. The number of thiocarbonyl (C=S) groups is 1. The van der Waals surface area contributed by atoms with Gasteiger partial charge in [-0.3, -0.25) is 9.69 Å². The Bertz CT molecular complexity index is 1290. The fourth-order valence-electron chi connectivity index (χ4n) is 4.65. The number of hydrogen-bond acceptors (Lipinski definition) is 6. The third kappa shape index (κ3) is 5.80. The van der Waals surface area contributed by atoms with Crippen LogP contribution in [0.3, 0.4) is 0 Å². The summed E-state index contributed by atoms with van der Waals surface area (Å²) in [6.45, 7) is 8.49. The summed E-state index contributed by atoms with van der Waals surface area (Å²) < 4.78 is 16.4. The third-order valence-electron chi connectivity index (χ3n) is 6.65. The van der Waals surface area contributed by atoms with Crippen molar-refractivity contribution < 1.29 is 14.2 Å². The number of aromatic amines is 1. The van der Waals surface area contributed by atoms with Gasteiger partial charge in [0, 0.05) is 31.7 Å². The molecular weight excluding hydrogens is 476 g/mol. The molecule has 0 unspecified atom stereocenters. The van der Waals surface area contributed by atoms with Crippen molar-refractivity contribution in [3.63, 3.8) is 0 Å². The van der Waals surface area contributed by atoms with Gasteiger partial charge in [0.1, 0.15) is 0 Å². The van der Waals surface area contributed by atoms with Gasteiger partial charge in [-0.15, -0.1) is 0 Å². The van der Waals surface area contributed by atoms with Gasteiger partial charge in [0.15, 0.2) is 16.6 Å². The lowest BCUT2D eigenvalue weighted by molar-refractivity contribution is 0.0376. The molecule has 0 bridgehead atoms. The van der Waals surface area contributed by atoms with E-state index in [0.717, 1.165) is 79.3 Å². The van der Waals surface area contributed by atoms with Crippen molar-refractivity contribution >= 4 is 28.2 Å². The van der Waals surface area contributed by atoms with E-state index in [1.165, 1.54) is 0 Å². The first-order chi connectivity index (χ1) is 17.6. The maximum Gasteiger partial charge on any atom is 0.253 e.